The van der Waals surface area contributed by atoms with Crippen molar-refractivity contribution in [1.82, 2.24) is 20.3 Å². The maximum absolute atomic E-state index is 4.04. The molecule has 1 N–H and O–H groups in total. The molecule has 13 heavy (non-hydrogen) atoms. The van der Waals surface area contributed by atoms with Gasteiger partial charge in [0.05, 0.1) is 11.9 Å². The molecule has 1 heterocycles. The fourth-order valence-corrected chi connectivity index (χ4v) is 1.43. The lowest BCUT2D eigenvalue weighted by Crippen LogP contribution is -2.25. The molecule has 0 bridgehead atoms. The molecule has 0 saturated carbocycles. The van der Waals surface area contributed by atoms with E-state index in [1.807, 2.05) is 0 Å². The molecular weight excluding hydrogens is 164 g/mol. The molecule has 0 aliphatic carbocycles. The van der Waals surface area contributed by atoms with Crippen molar-refractivity contribution < 1.29 is 0 Å². The van der Waals surface area contributed by atoms with Crippen molar-refractivity contribution in [1.29, 1.82) is 0 Å². The summed E-state index contributed by atoms with van der Waals surface area (Å²) in [6.45, 7) is 7.59. The van der Waals surface area contributed by atoms with Crippen LogP contribution in [0.3, 0.4) is 0 Å². The summed E-state index contributed by atoms with van der Waals surface area (Å²) in [6, 6.07) is 0. The number of H-pyrrole nitrogens is 1. The Kier molecular flexibility index (Phi) is 4.46. The topological polar surface area (TPSA) is 44.8 Å². The van der Waals surface area contributed by atoms with Crippen LogP contribution in [0.15, 0.2) is 6.20 Å². The smallest absolute Gasteiger partial charge is 0.0964 e. The summed E-state index contributed by atoms with van der Waals surface area (Å²) in [4.78, 5) is 2.40. The molecule has 0 radical (unpaired) electrons. The van der Waals surface area contributed by atoms with Crippen molar-refractivity contribution in [2.24, 2.45) is 0 Å². The van der Waals surface area contributed by atoms with Crippen LogP contribution in [0.5, 0.6) is 0 Å². The molecule has 0 aliphatic heterocycles. The minimum Gasteiger partial charge on any atom is -0.297 e. The molecule has 0 atom stereocenters. The maximum atomic E-state index is 4.04. The van der Waals surface area contributed by atoms with E-state index in [0.717, 1.165) is 25.3 Å². The highest BCUT2D eigenvalue weighted by Crippen LogP contribution is 2.00. The minimum absolute atomic E-state index is 0.915. The van der Waals surface area contributed by atoms with E-state index in [-0.39, 0.29) is 0 Å². The standard InChI is InChI=1S/C9H18N4/c1-3-5-13(6-4-2)8-9-7-10-12-11-9/h7H,3-6,8H2,1-2H3,(H,10,11,12). The molecule has 1 rings (SSSR count). The van der Waals surface area contributed by atoms with Gasteiger partial charge in [0, 0.05) is 6.54 Å². The Morgan fingerprint density at radius 3 is 2.46 bits per heavy atom. The molecule has 1 aromatic heterocycles. The van der Waals surface area contributed by atoms with Gasteiger partial charge < -0.3 is 0 Å². The first-order valence-electron chi connectivity index (χ1n) is 4.93. The highest BCUT2D eigenvalue weighted by atomic mass is 15.3. The maximum Gasteiger partial charge on any atom is 0.0964 e. The molecule has 4 heteroatoms. The van der Waals surface area contributed by atoms with Crippen molar-refractivity contribution in [3.63, 3.8) is 0 Å². The lowest BCUT2D eigenvalue weighted by atomic mass is 10.3. The Morgan fingerprint density at radius 1 is 1.31 bits per heavy atom. The Hall–Kier alpha value is -0.900. The van der Waals surface area contributed by atoms with Crippen LogP contribution in [-0.2, 0) is 6.54 Å². The van der Waals surface area contributed by atoms with Gasteiger partial charge >= 0.3 is 0 Å². The second-order valence-electron chi connectivity index (χ2n) is 3.24. The van der Waals surface area contributed by atoms with Gasteiger partial charge in [-0.3, -0.25) is 4.90 Å². The highest BCUT2D eigenvalue weighted by molar-refractivity contribution is 4.89. The lowest BCUT2D eigenvalue weighted by molar-refractivity contribution is 0.263. The summed E-state index contributed by atoms with van der Waals surface area (Å²) in [5.41, 5.74) is 1.03. The number of nitrogens with zero attached hydrogens (tertiary/aromatic N) is 3. The number of hydrogen-bond donors (Lipinski definition) is 1. The minimum atomic E-state index is 0.915. The van der Waals surface area contributed by atoms with Crippen molar-refractivity contribution in [2.75, 3.05) is 13.1 Å². The highest BCUT2D eigenvalue weighted by Gasteiger charge is 2.04. The van der Waals surface area contributed by atoms with Crippen LogP contribution in [0.1, 0.15) is 32.4 Å². The molecule has 74 valence electrons. The third kappa shape index (κ3) is 3.55. The molecule has 1 aromatic rings. The van der Waals surface area contributed by atoms with Crippen LogP contribution >= 0.6 is 0 Å². The van der Waals surface area contributed by atoms with E-state index in [1.165, 1.54) is 12.8 Å². The summed E-state index contributed by atoms with van der Waals surface area (Å²) in [5, 5.41) is 10.5. The van der Waals surface area contributed by atoms with Crippen LogP contribution in [0.4, 0.5) is 0 Å². The molecule has 0 spiro atoms. The van der Waals surface area contributed by atoms with Gasteiger partial charge in [-0.2, -0.15) is 15.4 Å². The number of aromatic nitrogens is 3. The molecule has 0 aliphatic rings. The summed E-state index contributed by atoms with van der Waals surface area (Å²) in [6.07, 6.45) is 4.17. The Balaban J connectivity index is 2.37. The molecule has 0 saturated heterocycles. The van der Waals surface area contributed by atoms with Gasteiger partial charge in [0.15, 0.2) is 0 Å². The molecule has 0 amide bonds. The van der Waals surface area contributed by atoms with E-state index in [4.69, 9.17) is 0 Å². The molecule has 0 unspecified atom stereocenters. The van der Waals surface area contributed by atoms with Crippen molar-refractivity contribution in [3.05, 3.63) is 11.9 Å². The van der Waals surface area contributed by atoms with E-state index in [1.54, 1.807) is 6.20 Å². The van der Waals surface area contributed by atoms with Gasteiger partial charge in [-0.1, -0.05) is 13.8 Å². The lowest BCUT2D eigenvalue weighted by Gasteiger charge is -2.18. The first-order chi connectivity index (χ1) is 6.36. The van der Waals surface area contributed by atoms with E-state index in [9.17, 15) is 0 Å². The quantitative estimate of drug-likeness (QED) is 0.723. The number of nitrogens with one attached hydrogen (secondary N) is 1. The first kappa shape index (κ1) is 10.2. The predicted octanol–water partition coefficient (Wildman–Crippen LogP) is 1.43. The Labute approximate surface area is 79.3 Å². The number of aromatic amines is 1. The van der Waals surface area contributed by atoms with Crippen LogP contribution in [-0.4, -0.2) is 33.4 Å². The number of hydrogen-bond acceptors (Lipinski definition) is 3. The van der Waals surface area contributed by atoms with Crippen molar-refractivity contribution in [2.45, 2.75) is 33.2 Å². The van der Waals surface area contributed by atoms with E-state index in [0.29, 0.717) is 0 Å². The summed E-state index contributed by atoms with van der Waals surface area (Å²) < 4.78 is 0. The third-order valence-electron chi connectivity index (χ3n) is 1.93. The number of rotatable bonds is 6. The molecule has 0 aromatic carbocycles. The average molecular weight is 182 g/mol. The van der Waals surface area contributed by atoms with E-state index < -0.39 is 0 Å². The Morgan fingerprint density at radius 2 is 2.00 bits per heavy atom. The zero-order chi connectivity index (χ0) is 9.52. The largest absolute Gasteiger partial charge is 0.297 e. The zero-order valence-corrected chi connectivity index (χ0v) is 8.45. The molecule has 4 nitrogen and oxygen atoms in total. The fraction of sp³-hybridized carbons (Fsp3) is 0.778. The van der Waals surface area contributed by atoms with Gasteiger partial charge in [0.25, 0.3) is 0 Å². The van der Waals surface area contributed by atoms with Crippen molar-refractivity contribution >= 4 is 0 Å². The Bertz CT molecular complexity index is 201. The molecular formula is C9H18N4. The second kappa shape index (κ2) is 5.70. The van der Waals surface area contributed by atoms with E-state index >= 15 is 0 Å². The zero-order valence-electron chi connectivity index (χ0n) is 8.45. The summed E-state index contributed by atoms with van der Waals surface area (Å²) in [7, 11) is 0. The van der Waals surface area contributed by atoms with Gasteiger partial charge in [-0.05, 0) is 25.9 Å². The van der Waals surface area contributed by atoms with Crippen LogP contribution in [0.25, 0.3) is 0 Å². The predicted molar refractivity (Wildman–Crippen MR) is 52.2 cm³/mol. The first-order valence-corrected chi connectivity index (χ1v) is 4.93. The normalized spacial score (nSPS) is 11.0. The average Bonchev–Trinajstić information content (AvgIpc) is 2.58. The molecule has 0 fully saturated rings. The van der Waals surface area contributed by atoms with Crippen LogP contribution in [0.2, 0.25) is 0 Å². The van der Waals surface area contributed by atoms with Crippen LogP contribution in [0, 0.1) is 0 Å². The third-order valence-corrected chi connectivity index (χ3v) is 1.93. The van der Waals surface area contributed by atoms with Crippen molar-refractivity contribution in [3.8, 4) is 0 Å². The fourth-order valence-electron chi connectivity index (χ4n) is 1.43. The second-order valence-corrected chi connectivity index (χ2v) is 3.24. The van der Waals surface area contributed by atoms with E-state index in [2.05, 4.69) is 34.2 Å². The summed E-state index contributed by atoms with van der Waals surface area (Å²) in [5.74, 6) is 0. The van der Waals surface area contributed by atoms with Gasteiger partial charge in [-0.15, -0.1) is 0 Å². The monoisotopic (exact) mass is 182 g/mol. The SMILES string of the molecule is CCCN(CCC)Cc1cn[nH]n1. The summed E-state index contributed by atoms with van der Waals surface area (Å²) >= 11 is 0. The van der Waals surface area contributed by atoms with Gasteiger partial charge in [-0.25, -0.2) is 0 Å². The van der Waals surface area contributed by atoms with Crippen LogP contribution < -0.4 is 0 Å². The van der Waals surface area contributed by atoms with Gasteiger partial charge in [0.2, 0.25) is 0 Å². The van der Waals surface area contributed by atoms with Gasteiger partial charge in [0.1, 0.15) is 0 Å².